The maximum absolute atomic E-state index is 13.8. The number of rotatable bonds is 7. The Morgan fingerprint density at radius 2 is 1.26 bits per heavy atom. The van der Waals surface area contributed by atoms with Gasteiger partial charge < -0.3 is 9.64 Å². The van der Waals surface area contributed by atoms with Gasteiger partial charge >= 0.3 is 6.09 Å². The number of ether oxygens (including phenoxy) is 1. The van der Waals surface area contributed by atoms with Gasteiger partial charge in [0.2, 0.25) is 0 Å². The number of benzene rings is 2. The van der Waals surface area contributed by atoms with Crippen LogP contribution < -0.4 is 10.6 Å². The van der Waals surface area contributed by atoms with Gasteiger partial charge in [-0.15, -0.1) is 0 Å². The van der Waals surface area contributed by atoms with Crippen LogP contribution in [0, 0.1) is 0 Å². The molecule has 0 bridgehead atoms. The maximum Gasteiger partial charge on any atom is 0.410 e. The predicted molar refractivity (Wildman–Crippen MR) is 170 cm³/mol. The average molecular weight is 566 g/mol. The SMILES string of the molecule is CC(C)(C)OC(=O)N1CC(P(C2CCCCC2)C2CCCCC2)C[C@@H]1CP(c1ccccc1)c1ccccc1. The van der Waals surface area contributed by atoms with E-state index in [9.17, 15) is 4.79 Å². The molecule has 1 saturated heterocycles. The molecule has 3 nitrogen and oxygen atoms in total. The van der Waals surface area contributed by atoms with Gasteiger partial charge in [-0.2, -0.15) is 0 Å². The van der Waals surface area contributed by atoms with Crippen molar-refractivity contribution in [3.8, 4) is 0 Å². The van der Waals surface area contributed by atoms with Crippen molar-refractivity contribution < 1.29 is 9.53 Å². The number of nitrogens with zero attached hydrogens (tertiary/aromatic N) is 1. The molecule has 3 fully saturated rings. The highest BCUT2D eigenvalue weighted by atomic mass is 31.1. The van der Waals surface area contributed by atoms with E-state index in [1.54, 1.807) is 0 Å². The first-order chi connectivity index (χ1) is 18.9. The van der Waals surface area contributed by atoms with Crippen molar-refractivity contribution in [3.63, 3.8) is 0 Å². The summed E-state index contributed by atoms with van der Waals surface area (Å²) in [6.07, 6.45) is 16.3. The lowest BCUT2D eigenvalue weighted by molar-refractivity contribution is 0.0242. The molecule has 2 aliphatic carbocycles. The second-order valence-corrected chi connectivity index (χ2v) is 18.3. The van der Waals surface area contributed by atoms with Gasteiger partial charge in [-0.1, -0.05) is 107 Å². The van der Waals surface area contributed by atoms with E-state index in [0.29, 0.717) is 5.66 Å². The summed E-state index contributed by atoms with van der Waals surface area (Å²) in [5.41, 5.74) is 2.00. The third-order valence-corrected chi connectivity index (χ3v) is 15.5. The average Bonchev–Trinajstić information content (AvgIpc) is 3.36. The number of amides is 1. The van der Waals surface area contributed by atoms with E-state index in [0.717, 1.165) is 30.4 Å². The van der Waals surface area contributed by atoms with Crippen LogP contribution >= 0.6 is 15.8 Å². The molecular weight excluding hydrogens is 516 g/mol. The summed E-state index contributed by atoms with van der Waals surface area (Å²) in [5.74, 6) is 0. The van der Waals surface area contributed by atoms with Crippen LogP contribution in [-0.4, -0.2) is 52.3 Å². The molecule has 2 saturated carbocycles. The minimum Gasteiger partial charge on any atom is -0.444 e. The summed E-state index contributed by atoms with van der Waals surface area (Å²) >= 11 is 0. The summed E-state index contributed by atoms with van der Waals surface area (Å²) in [6.45, 7) is 6.92. The zero-order chi connectivity index (χ0) is 27.2. The highest BCUT2D eigenvalue weighted by Crippen LogP contribution is 2.61. The summed E-state index contributed by atoms with van der Waals surface area (Å²) in [5, 5.41) is 2.82. The quantitative estimate of drug-likeness (QED) is 0.315. The van der Waals surface area contributed by atoms with Gasteiger partial charge in [-0.3, -0.25) is 0 Å². The van der Waals surface area contributed by atoms with E-state index in [1.807, 2.05) is 20.8 Å². The topological polar surface area (TPSA) is 29.5 Å². The van der Waals surface area contributed by atoms with Gasteiger partial charge in [0.15, 0.2) is 0 Å². The third-order valence-electron chi connectivity index (χ3n) is 8.96. The Labute approximate surface area is 240 Å². The number of hydrogen-bond acceptors (Lipinski definition) is 2. The summed E-state index contributed by atoms with van der Waals surface area (Å²) in [7, 11) is -0.641. The normalized spacial score (nSPS) is 23.5. The van der Waals surface area contributed by atoms with E-state index >= 15 is 0 Å². The fourth-order valence-corrected chi connectivity index (χ4v) is 14.4. The minimum atomic E-state index is -0.556. The maximum atomic E-state index is 13.8. The summed E-state index contributed by atoms with van der Waals surface area (Å²) < 4.78 is 6.07. The van der Waals surface area contributed by atoms with Gasteiger partial charge in [0.1, 0.15) is 5.60 Å². The molecule has 3 aliphatic rings. The molecule has 1 amide bonds. The molecule has 1 unspecified atom stereocenters. The smallest absolute Gasteiger partial charge is 0.410 e. The Balaban J connectivity index is 1.45. The third kappa shape index (κ3) is 7.65. The lowest BCUT2D eigenvalue weighted by atomic mass is 9.99. The molecule has 212 valence electrons. The van der Waals surface area contributed by atoms with E-state index in [-0.39, 0.29) is 20.1 Å². The summed E-state index contributed by atoms with van der Waals surface area (Å²) in [4.78, 5) is 16.0. The Kier molecular flexibility index (Phi) is 10.1. The molecular formula is C34H49NO2P2. The lowest BCUT2D eigenvalue weighted by Crippen LogP contribution is -2.42. The van der Waals surface area contributed by atoms with Gasteiger partial charge in [-0.05, 0) is 94.5 Å². The van der Waals surface area contributed by atoms with Crippen molar-refractivity contribution in [3.05, 3.63) is 60.7 Å². The standard InChI is InChI=1S/C34H49NO2P2/c1-34(2,3)37-33(36)35-25-32(39(30-20-12-6-13-21-30)31-22-14-7-15-23-31)24-27(35)26-38(28-16-8-4-9-17-28)29-18-10-5-11-19-29/h4-5,8-11,16-19,27,30-32H,6-7,12-15,20-26H2,1-3H3/t27-,32?/m1/s1. The second-order valence-electron chi connectivity index (χ2n) is 13.0. The molecule has 1 aliphatic heterocycles. The molecule has 1 heterocycles. The van der Waals surface area contributed by atoms with E-state index in [2.05, 4.69) is 65.6 Å². The number of likely N-dealkylation sites (tertiary alicyclic amines) is 1. The fourth-order valence-electron chi connectivity index (χ4n) is 7.26. The number of carbonyl (C=O) groups excluding carboxylic acids is 1. The first-order valence-electron chi connectivity index (χ1n) is 15.5. The molecule has 5 heteroatoms. The Morgan fingerprint density at radius 3 is 1.72 bits per heavy atom. The number of carbonyl (C=O) groups is 1. The van der Waals surface area contributed by atoms with Crippen molar-refractivity contribution in [2.24, 2.45) is 0 Å². The molecule has 39 heavy (non-hydrogen) atoms. The zero-order valence-corrected chi connectivity index (χ0v) is 26.2. The van der Waals surface area contributed by atoms with Crippen LogP contribution in [0.4, 0.5) is 4.79 Å². The van der Waals surface area contributed by atoms with E-state index < -0.39 is 13.5 Å². The molecule has 0 spiro atoms. The van der Waals surface area contributed by atoms with Crippen molar-refractivity contribution in [1.29, 1.82) is 0 Å². The first kappa shape index (κ1) is 29.1. The summed E-state index contributed by atoms with van der Waals surface area (Å²) in [6, 6.07) is 22.3. The largest absolute Gasteiger partial charge is 0.444 e. The highest BCUT2D eigenvalue weighted by molar-refractivity contribution is 7.73. The molecule has 0 N–H and O–H groups in total. The molecule has 2 atom stereocenters. The fraction of sp³-hybridized carbons (Fsp3) is 0.618. The van der Waals surface area contributed by atoms with Gasteiger partial charge in [0, 0.05) is 12.6 Å². The molecule has 2 aromatic carbocycles. The van der Waals surface area contributed by atoms with Crippen molar-refractivity contribution >= 4 is 32.5 Å². The van der Waals surface area contributed by atoms with Crippen LogP contribution in [0.2, 0.25) is 0 Å². The van der Waals surface area contributed by atoms with Crippen LogP contribution in [0.15, 0.2) is 60.7 Å². The molecule has 2 aromatic rings. The Bertz CT molecular complexity index is 971. The predicted octanol–water partition coefficient (Wildman–Crippen LogP) is 8.64. The first-order valence-corrected chi connectivity index (χ1v) is 18.6. The molecule has 0 radical (unpaired) electrons. The monoisotopic (exact) mass is 565 g/mol. The zero-order valence-electron chi connectivity index (χ0n) is 24.4. The van der Waals surface area contributed by atoms with Crippen molar-refractivity contribution in [1.82, 2.24) is 4.90 Å². The van der Waals surface area contributed by atoms with Crippen LogP contribution in [-0.2, 0) is 4.74 Å². The minimum absolute atomic E-state index is 0.0850. The van der Waals surface area contributed by atoms with E-state index in [4.69, 9.17) is 4.74 Å². The van der Waals surface area contributed by atoms with Crippen LogP contribution in [0.3, 0.4) is 0 Å². The van der Waals surface area contributed by atoms with Crippen molar-refractivity contribution in [2.75, 3.05) is 12.7 Å². The molecule has 0 aromatic heterocycles. The van der Waals surface area contributed by atoms with Gasteiger partial charge in [0.25, 0.3) is 0 Å². The van der Waals surface area contributed by atoms with E-state index in [1.165, 1.54) is 74.8 Å². The van der Waals surface area contributed by atoms with Crippen molar-refractivity contribution in [2.45, 2.75) is 120 Å². The van der Waals surface area contributed by atoms with Gasteiger partial charge in [0.05, 0.1) is 0 Å². The number of hydrogen-bond donors (Lipinski definition) is 0. The second kappa shape index (κ2) is 13.5. The lowest BCUT2D eigenvalue weighted by Gasteiger charge is -2.42. The molecule has 5 rings (SSSR count). The highest BCUT2D eigenvalue weighted by Gasteiger charge is 2.45. The Hall–Kier alpha value is -1.43. The van der Waals surface area contributed by atoms with Gasteiger partial charge in [-0.25, -0.2) is 4.79 Å². The van der Waals surface area contributed by atoms with Crippen LogP contribution in [0.1, 0.15) is 91.4 Å². The van der Waals surface area contributed by atoms with Crippen LogP contribution in [0.25, 0.3) is 0 Å². The Morgan fingerprint density at radius 1 is 0.769 bits per heavy atom. The van der Waals surface area contributed by atoms with Crippen LogP contribution in [0.5, 0.6) is 0 Å².